The average Bonchev–Trinajstić information content (AvgIpc) is 3.47. The molecule has 0 aliphatic rings. The number of hydrogen-bond donors (Lipinski definition) is 1. The molecule has 0 unspecified atom stereocenters. The van der Waals surface area contributed by atoms with Crippen LogP contribution in [0.3, 0.4) is 0 Å². The molecule has 4 aromatic rings. The van der Waals surface area contributed by atoms with Gasteiger partial charge in [0.25, 0.3) is 5.91 Å². The molecule has 0 aliphatic heterocycles. The number of ketones is 1. The maximum Gasteiger partial charge on any atom is 0.253 e. The Labute approximate surface area is 226 Å². The van der Waals surface area contributed by atoms with Crippen LogP contribution in [0.4, 0.5) is 0 Å². The molecule has 9 nitrogen and oxygen atoms in total. The molecular weight excluding hydrogens is 522 g/mol. The zero-order valence-electron chi connectivity index (χ0n) is 21.8. The molecule has 3 aromatic heterocycles. The number of aromatic nitrogens is 4. The van der Waals surface area contributed by atoms with Crippen molar-refractivity contribution in [2.75, 3.05) is 6.54 Å². The molecule has 4 rings (SSSR count). The fourth-order valence-corrected chi connectivity index (χ4v) is 5.93. The first-order valence-corrected chi connectivity index (χ1v) is 14.4. The molecule has 0 saturated carbocycles. The highest BCUT2D eigenvalue weighted by atomic mass is 32.2. The van der Waals surface area contributed by atoms with E-state index in [0.29, 0.717) is 22.1 Å². The highest BCUT2D eigenvalue weighted by Gasteiger charge is 2.25. The topological polar surface area (TPSA) is 124 Å². The van der Waals surface area contributed by atoms with Gasteiger partial charge in [0.15, 0.2) is 5.78 Å². The summed E-state index contributed by atoms with van der Waals surface area (Å²) < 4.78 is 26.3. The van der Waals surface area contributed by atoms with Crippen molar-refractivity contribution in [3.05, 3.63) is 75.8 Å². The Balaban J connectivity index is 1.40. The van der Waals surface area contributed by atoms with Gasteiger partial charge >= 0.3 is 0 Å². The normalized spacial score (nSPS) is 11.6. The first-order chi connectivity index (χ1) is 18.0. The molecule has 0 radical (unpaired) electrons. The second kappa shape index (κ2) is 11.0. The van der Waals surface area contributed by atoms with Crippen LogP contribution in [0.5, 0.6) is 0 Å². The zero-order chi connectivity index (χ0) is 27.6. The lowest BCUT2D eigenvalue weighted by atomic mass is 10.1. The van der Waals surface area contributed by atoms with Crippen LogP contribution in [-0.4, -0.2) is 50.8 Å². The van der Waals surface area contributed by atoms with Crippen molar-refractivity contribution in [1.82, 2.24) is 24.2 Å². The minimum Gasteiger partial charge on any atom is -0.345 e. The van der Waals surface area contributed by atoms with Gasteiger partial charge in [-0.3, -0.25) is 9.59 Å². The molecule has 11 heteroatoms. The number of benzene rings is 1. The van der Waals surface area contributed by atoms with Crippen LogP contribution in [0.25, 0.3) is 22.5 Å². The average molecular weight is 552 g/mol. The molecule has 0 spiro atoms. The molecule has 3 heterocycles. The fourth-order valence-electron chi connectivity index (χ4n) is 3.88. The molecule has 38 heavy (non-hydrogen) atoms. The maximum atomic E-state index is 12.8. The minimum absolute atomic E-state index is 0.0799. The molecule has 198 valence electrons. The predicted molar refractivity (Wildman–Crippen MR) is 148 cm³/mol. The third-order valence-electron chi connectivity index (χ3n) is 6.21. The number of amides is 1. The largest absolute Gasteiger partial charge is 0.345 e. The van der Waals surface area contributed by atoms with Crippen LogP contribution in [0.1, 0.15) is 46.3 Å². The summed E-state index contributed by atoms with van der Waals surface area (Å²) in [5, 5.41) is 4.53. The van der Waals surface area contributed by atoms with Crippen molar-refractivity contribution in [2.24, 2.45) is 0 Å². The first-order valence-electron chi connectivity index (χ1n) is 12.0. The molecule has 0 bridgehead atoms. The van der Waals surface area contributed by atoms with E-state index in [1.165, 1.54) is 17.5 Å². The first kappa shape index (κ1) is 27.3. The number of nitrogens with one attached hydrogen (secondary N) is 1. The number of hydrogen-bond acceptors (Lipinski definition) is 8. The van der Waals surface area contributed by atoms with E-state index in [9.17, 15) is 18.0 Å². The lowest BCUT2D eigenvalue weighted by Crippen LogP contribution is -2.30. The Hall–Kier alpha value is -3.70. The molecule has 0 fully saturated rings. The summed E-state index contributed by atoms with van der Waals surface area (Å²) in [6.07, 6.45) is 3.13. The molecule has 0 atom stereocenters. The van der Waals surface area contributed by atoms with Crippen LogP contribution in [0.2, 0.25) is 0 Å². The molecule has 1 amide bonds. The van der Waals surface area contributed by atoms with Gasteiger partial charge in [-0.1, -0.05) is 18.2 Å². The van der Waals surface area contributed by atoms with E-state index in [-0.39, 0.29) is 24.3 Å². The fraction of sp³-hybridized carbons (Fsp3) is 0.296. The SMILES string of the molecule is Cc1nccc(-c2cccc(-c3csc(CC(=O)CNC(=O)c4cn(S(=O)(=O)C(C)C)c(C)c4C)n3)c2)n1. The van der Waals surface area contributed by atoms with Gasteiger partial charge < -0.3 is 5.32 Å². The standard InChI is InChI=1S/C27H29N5O4S2/c1-16(2)38(35,36)32-14-23(17(3)18(32)4)27(34)29-13-22(33)12-26-31-25(15-37-26)21-8-6-7-20(11-21)24-9-10-28-19(5)30-24/h6-11,14-16H,12-13H2,1-5H3,(H,29,34). The number of Topliss-reactive ketones (excluding diaryl/α,β-unsaturated/α-hetero) is 1. The van der Waals surface area contributed by atoms with Gasteiger partial charge in [-0.25, -0.2) is 27.3 Å². The second-order valence-electron chi connectivity index (χ2n) is 9.24. The van der Waals surface area contributed by atoms with Crippen molar-refractivity contribution in [3.63, 3.8) is 0 Å². The highest BCUT2D eigenvalue weighted by molar-refractivity contribution is 7.90. The molecule has 1 aromatic carbocycles. The number of nitrogens with zero attached hydrogens (tertiary/aromatic N) is 4. The van der Waals surface area contributed by atoms with Crippen molar-refractivity contribution in [2.45, 2.75) is 46.3 Å². The molecule has 0 saturated heterocycles. The van der Waals surface area contributed by atoms with Crippen LogP contribution >= 0.6 is 11.3 Å². The monoisotopic (exact) mass is 551 g/mol. The quantitative estimate of drug-likeness (QED) is 0.332. The number of rotatable bonds is 9. The summed E-state index contributed by atoms with van der Waals surface area (Å²) in [5.41, 5.74) is 4.70. The molecular formula is C27H29N5O4S2. The predicted octanol–water partition coefficient (Wildman–Crippen LogP) is 4.12. The van der Waals surface area contributed by atoms with Gasteiger partial charge in [-0.2, -0.15) is 0 Å². The van der Waals surface area contributed by atoms with Gasteiger partial charge in [0.1, 0.15) is 10.8 Å². The summed E-state index contributed by atoms with van der Waals surface area (Å²) in [5.74, 6) is -0.000708. The van der Waals surface area contributed by atoms with E-state index in [4.69, 9.17) is 0 Å². The Morgan fingerprint density at radius 2 is 1.76 bits per heavy atom. The summed E-state index contributed by atoms with van der Waals surface area (Å²) in [6, 6.07) is 9.71. The third kappa shape index (κ3) is 5.73. The number of thiazole rings is 1. The lowest BCUT2D eigenvalue weighted by molar-refractivity contribution is -0.117. The smallest absolute Gasteiger partial charge is 0.253 e. The van der Waals surface area contributed by atoms with E-state index in [1.807, 2.05) is 42.6 Å². The minimum atomic E-state index is -3.60. The van der Waals surface area contributed by atoms with E-state index in [2.05, 4.69) is 20.3 Å². The van der Waals surface area contributed by atoms with Crippen molar-refractivity contribution < 1.29 is 18.0 Å². The lowest BCUT2D eigenvalue weighted by Gasteiger charge is -2.10. The van der Waals surface area contributed by atoms with E-state index < -0.39 is 21.2 Å². The second-order valence-corrected chi connectivity index (χ2v) is 12.5. The van der Waals surface area contributed by atoms with E-state index >= 15 is 0 Å². The van der Waals surface area contributed by atoms with Crippen LogP contribution in [-0.2, 0) is 21.2 Å². The van der Waals surface area contributed by atoms with Crippen molar-refractivity contribution in [3.8, 4) is 22.5 Å². The van der Waals surface area contributed by atoms with Gasteiger partial charge in [-0.15, -0.1) is 11.3 Å². The number of carbonyl (C=O) groups excluding carboxylic acids is 2. The van der Waals surface area contributed by atoms with Crippen LogP contribution in [0, 0.1) is 20.8 Å². The van der Waals surface area contributed by atoms with Crippen LogP contribution < -0.4 is 5.32 Å². The Bertz CT molecular complexity index is 1620. The number of aryl methyl sites for hydroxylation is 1. The summed E-state index contributed by atoms with van der Waals surface area (Å²) in [4.78, 5) is 38.6. The Morgan fingerprint density at radius 1 is 1.05 bits per heavy atom. The Morgan fingerprint density at radius 3 is 2.45 bits per heavy atom. The maximum absolute atomic E-state index is 12.8. The van der Waals surface area contributed by atoms with Gasteiger partial charge in [0.05, 0.1) is 35.2 Å². The third-order valence-corrected chi connectivity index (χ3v) is 9.18. The summed E-state index contributed by atoms with van der Waals surface area (Å²) in [7, 11) is -3.60. The van der Waals surface area contributed by atoms with E-state index in [0.717, 1.165) is 26.5 Å². The van der Waals surface area contributed by atoms with Gasteiger partial charge in [0.2, 0.25) is 10.0 Å². The van der Waals surface area contributed by atoms with E-state index in [1.54, 1.807) is 33.9 Å². The summed E-state index contributed by atoms with van der Waals surface area (Å²) in [6.45, 7) is 8.18. The van der Waals surface area contributed by atoms with Gasteiger partial charge in [0, 0.05) is 34.6 Å². The zero-order valence-corrected chi connectivity index (χ0v) is 23.5. The van der Waals surface area contributed by atoms with Gasteiger partial charge in [-0.05, 0) is 52.3 Å². The Kier molecular flexibility index (Phi) is 7.89. The highest BCUT2D eigenvalue weighted by Crippen LogP contribution is 2.27. The number of carbonyl (C=O) groups is 2. The van der Waals surface area contributed by atoms with Crippen molar-refractivity contribution >= 4 is 33.1 Å². The molecule has 0 aliphatic carbocycles. The van der Waals surface area contributed by atoms with Crippen LogP contribution in [0.15, 0.2) is 48.1 Å². The molecule has 1 N–H and O–H groups in total. The summed E-state index contributed by atoms with van der Waals surface area (Å²) >= 11 is 1.38. The van der Waals surface area contributed by atoms with Crippen molar-refractivity contribution in [1.29, 1.82) is 0 Å².